The van der Waals surface area contributed by atoms with Gasteiger partial charge in [-0.1, -0.05) is 42.3 Å². The Morgan fingerprint density at radius 2 is 2.16 bits per heavy atom. The van der Waals surface area contributed by atoms with E-state index in [2.05, 4.69) is 17.2 Å². The molecule has 3 nitrogen and oxygen atoms in total. The number of rotatable bonds is 5. The van der Waals surface area contributed by atoms with Crippen molar-refractivity contribution in [2.45, 2.75) is 19.4 Å². The van der Waals surface area contributed by atoms with Gasteiger partial charge in [-0.15, -0.1) is 0 Å². The molecule has 0 fully saturated rings. The number of imidazole rings is 1. The Bertz CT molecular complexity index is 551. The van der Waals surface area contributed by atoms with Gasteiger partial charge in [0.15, 0.2) is 0 Å². The highest BCUT2D eigenvalue weighted by Gasteiger charge is 2.21. The summed E-state index contributed by atoms with van der Waals surface area (Å²) in [6.07, 6.45) is 4.75. The Morgan fingerprint density at radius 3 is 2.79 bits per heavy atom. The summed E-state index contributed by atoms with van der Waals surface area (Å²) in [7, 11) is 1.97. The van der Waals surface area contributed by atoms with Crippen molar-refractivity contribution < 1.29 is 0 Å². The van der Waals surface area contributed by atoms with Crippen LogP contribution in [0.5, 0.6) is 0 Å². The van der Waals surface area contributed by atoms with Crippen molar-refractivity contribution in [2.24, 2.45) is 7.05 Å². The van der Waals surface area contributed by atoms with Gasteiger partial charge >= 0.3 is 0 Å². The van der Waals surface area contributed by atoms with Gasteiger partial charge in [0, 0.05) is 19.4 Å². The molecule has 1 heterocycles. The van der Waals surface area contributed by atoms with Gasteiger partial charge < -0.3 is 9.88 Å². The third-order valence-electron chi connectivity index (χ3n) is 3.01. The van der Waals surface area contributed by atoms with Gasteiger partial charge in [-0.05, 0) is 24.6 Å². The van der Waals surface area contributed by atoms with E-state index >= 15 is 0 Å². The van der Waals surface area contributed by atoms with E-state index in [-0.39, 0.29) is 6.04 Å². The number of hydrogen-bond acceptors (Lipinski definition) is 2. The van der Waals surface area contributed by atoms with Crippen molar-refractivity contribution in [3.05, 3.63) is 52.0 Å². The molecule has 1 N–H and O–H groups in total. The Morgan fingerprint density at radius 1 is 1.37 bits per heavy atom. The predicted molar refractivity (Wildman–Crippen MR) is 79.8 cm³/mol. The van der Waals surface area contributed by atoms with Crippen LogP contribution in [0.15, 0.2) is 30.6 Å². The molecule has 0 aliphatic carbocycles. The molecule has 0 saturated carbocycles. The lowest BCUT2D eigenvalue weighted by Crippen LogP contribution is -2.26. The monoisotopic (exact) mass is 297 g/mol. The lowest BCUT2D eigenvalue weighted by atomic mass is 10.1. The Kier molecular flexibility index (Phi) is 4.86. The quantitative estimate of drug-likeness (QED) is 0.909. The largest absolute Gasteiger partial charge is 0.336 e. The van der Waals surface area contributed by atoms with Gasteiger partial charge in [0.05, 0.1) is 16.1 Å². The molecule has 0 aliphatic heterocycles. The van der Waals surface area contributed by atoms with E-state index < -0.39 is 0 Å². The zero-order chi connectivity index (χ0) is 13.8. The topological polar surface area (TPSA) is 29.9 Å². The first-order chi connectivity index (χ1) is 9.15. The molecule has 1 aromatic carbocycles. The minimum absolute atomic E-state index is 0.0499. The van der Waals surface area contributed by atoms with Gasteiger partial charge in [0.2, 0.25) is 0 Å². The first-order valence-electron chi connectivity index (χ1n) is 6.29. The number of nitrogens with one attached hydrogen (secondary N) is 1. The molecule has 19 heavy (non-hydrogen) atoms. The lowest BCUT2D eigenvalue weighted by molar-refractivity contribution is 0.556. The van der Waals surface area contributed by atoms with E-state index in [1.807, 2.05) is 29.9 Å². The molecule has 1 atom stereocenters. The van der Waals surface area contributed by atoms with Crippen LogP contribution < -0.4 is 5.32 Å². The number of aryl methyl sites for hydroxylation is 1. The second-order valence-electron chi connectivity index (χ2n) is 4.43. The van der Waals surface area contributed by atoms with E-state index in [9.17, 15) is 0 Å². The maximum absolute atomic E-state index is 6.33. The van der Waals surface area contributed by atoms with Gasteiger partial charge in [-0.3, -0.25) is 0 Å². The zero-order valence-electron chi connectivity index (χ0n) is 11.0. The van der Waals surface area contributed by atoms with E-state index in [0.717, 1.165) is 24.4 Å². The molecular weight excluding hydrogens is 281 g/mol. The number of benzene rings is 1. The van der Waals surface area contributed by atoms with Crippen molar-refractivity contribution >= 4 is 23.2 Å². The fraction of sp³-hybridized carbons (Fsp3) is 0.357. The summed E-state index contributed by atoms with van der Waals surface area (Å²) in [5, 5.41) is 4.62. The fourth-order valence-corrected chi connectivity index (χ4v) is 2.44. The van der Waals surface area contributed by atoms with Crippen molar-refractivity contribution in [3.63, 3.8) is 0 Å². The molecule has 0 aliphatic rings. The summed E-state index contributed by atoms with van der Waals surface area (Å²) in [6, 6.07) is 5.64. The summed E-state index contributed by atoms with van der Waals surface area (Å²) in [6.45, 7) is 3.02. The van der Waals surface area contributed by atoms with Crippen LogP contribution in [0.4, 0.5) is 0 Å². The number of hydrogen-bond donors (Lipinski definition) is 1. The Hall–Kier alpha value is -1.03. The van der Waals surface area contributed by atoms with Crippen LogP contribution in [0.1, 0.15) is 30.8 Å². The maximum Gasteiger partial charge on any atom is 0.130 e. The SMILES string of the molecule is CCCNC(c1cccc(Cl)c1Cl)c1nccn1C. The molecule has 102 valence electrons. The molecule has 0 spiro atoms. The predicted octanol–water partition coefficient (Wildman–Crippen LogP) is 3.82. The summed E-state index contributed by atoms with van der Waals surface area (Å²) >= 11 is 12.4. The van der Waals surface area contributed by atoms with E-state index in [1.165, 1.54) is 0 Å². The average Bonchev–Trinajstić information content (AvgIpc) is 2.81. The summed E-state index contributed by atoms with van der Waals surface area (Å²) in [5.41, 5.74) is 0.955. The Balaban J connectivity index is 2.43. The van der Waals surface area contributed by atoms with Crippen LogP contribution in [0.25, 0.3) is 0 Å². The van der Waals surface area contributed by atoms with Crippen LogP contribution >= 0.6 is 23.2 Å². The smallest absolute Gasteiger partial charge is 0.130 e. The van der Waals surface area contributed by atoms with Gasteiger partial charge in [-0.2, -0.15) is 0 Å². The highest BCUT2D eigenvalue weighted by molar-refractivity contribution is 6.42. The summed E-state index contributed by atoms with van der Waals surface area (Å²) in [5.74, 6) is 0.928. The number of aromatic nitrogens is 2. The fourth-order valence-electron chi connectivity index (χ4n) is 2.03. The number of nitrogens with zero attached hydrogens (tertiary/aromatic N) is 2. The molecule has 2 aromatic rings. The summed E-state index contributed by atoms with van der Waals surface area (Å²) in [4.78, 5) is 4.41. The van der Waals surface area contributed by atoms with Gasteiger partial charge in [0.25, 0.3) is 0 Å². The summed E-state index contributed by atoms with van der Waals surface area (Å²) < 4.78 is 1.99. The third kappa shape index (κ3) is 3.11. The third-order valence-corrected chi connectivity index (χ3v) is 3.84. The highest BCUT2D eigenvalue weighted by Crippen LogP contribution is 2.32. The molecule has 1 aromatic heterocycles. The van der Waals surface area contributed by atoms with E-state index in [1.54, 1.807) is 12.3 Å². The molecular formula is C14H17Cl2N3. The first kappa shape index (κ1) is 14.4. The van der Waals surface area contributed by atoms with Gasteiger partial charge in [-0.25, -0.2) is 4.98 Å². The second kappa shape index (κ2) is 6.42. The molecule has 0 amide bonds. The van der Waals surface area contributed by atoms with Crippen molar-refractivity contribution in [1.82, 2.24) is 14.9 Å². The lowest BCUT2D eigenvalue weighted by Gasteiger charge is -2.20. The molecule has 5 heteroatoms. The Labute approximate surface area is 123 Å². The van der Waals surface area contributed by atoms with Crippen LogP contribution in [-0.4, -0.2) is 16.1 Å². The second-order valence-corrected chi connectivity index (χ2v) is 5.21. The minimum Gasteiger partial charge on any atom is -0.336 e. The minimum atomic E-state index is -0.0499. The van der Waals surface area contributed by atoms with Gasteiger partial charge in [0.1, 0.15) is 5.82 Å². The van der Waals surface area contributed by atoms with Crippen LogP contribution in [0, 0.1) is 0 Å². The number of halogens is 2. The van der Waals surface area contributed by atoms with E-state index in [0.29, 0.717) is 10.0 Å². The zero-order valence-corrected chi connectivity index (χ0v) is 12.5. The first-order valence-corrected chi connectivity index (χ1v) is 7.05. The van der Waals surface area contributed by atoms with Crippen molar-refractivity contribution in [2.75, 3.05) is 6.54 Å². The molecule has 1 unspecified atom stereocenters. The molecule has 2 rings (SSSR count). The molecule has 0 saturated heterocycles. The average molecular weight is 298 g/mol. The van der Waals surface area contributed by atoms with Crippen molar-refractivity contribution in [3.8, 4) is 0 Å². The van der Waals surface area contributed by atoms with Crippen LogP contribution in [0.3, 0.4) is 0 Å². The van der Waals surface area contributed by atoms with Crippen LogP contribution in [0.2, 0.25) is 10.0 Å². The maximum atomic E-state index is 6.33. The van der Waals surface area contributed by atoms with Crippen LogP contribution in [-0.2, 0) is 7.05 Å². The highest BCUT2D eigenvalue weighted by atomic mass is 35.5. The van der Waals surface area contributed by atoms with Crippen molar-refractivity contribution in [1.29, 1.82) is 0 Å². The standard InChI is InChI=1S/C14H17Cl2N3/c1-3-7-17-13(14-18-8-9-19(14)2)10-5-4-6-11(15)12(10)16/h4-6,8-9,13,17H,3,7H2,1-2H3. The normalized spacial score (nSPS) is 12.6. The van der Waals surface area contributed by atoms with E-state index in [4.69, 9.17) is 23.2 Å². The molecule has 0 bridgehead atoms. The molecule has 0 radical (unpaired) electrons.